The van der Waals surface area contributed by atoms with E-state index < -0.39 is 17.7 Å². The maximum Gasteiger partial charge on any atom is 0.130 e. The van der Waals surface area contributed by atoms with Crippen molar-refractivity contribution in [3.8, 4) is 0 Å². The van der Waals surface area contributed by atoms with Crippen molar-refractivity contribution in [1.29, 1.82) is 0 Å². The molecule has 1 aromatic heterocycles. The van der Waals surface area contributed by atoms with Crippen LogP contribution in [-0.4, -0.2) is 9.55 Å². The highest BCUT2D eigenvalue weighted by Gasteiger charge is 2.25. The third kappa shape index (κ3) is 2.58. The molecule has 2 aromatic rings. The number of nitrogens with one attached hydrogen (secondary N) is 1. The zero-order chi connectivity index (χ0) is 14.1. The topological polar surface area (TPSA) is 29.9 Å². The van der Waals surface area contributed by atoms with Gasteiger partial charge in [-0.1, -0.05) is 6.07 Å². The van der Waals surface area contributed by atoms with Crippen LogP contribution in [0.1, 0.15) is 43.1 Å². The van der Waals surface area contributed by atoms with Crippen molar-refractivity contribution in [3.63, 3.8) is 0 Å². The van der Waals surface area contributed by atoms with E-state index in [0.717, 1.165) is 5.69 Å². The summed E-state index contributed by atoms with van der Waals surface area (Å²) < 4.78 is 29.5. The van der Waals surface area contributed by atoms with Crippen LogP contribution in [0.15, 0.2) is 30.7 Å². The Kier molecular flexibility index (Phi) is 3.53. The summed E-state index contributed by atoms with van der Waals surface area (Å²) in [6.45, 7) is 2.31. The summed E-state index contributed by atoms with van der Waals surface area (Å²) in [5.41, 5.74) is 1.14. The molecule has 0 aliphatic heterocycles. The normalized spacial score (nSPS) is 16.4. The molecule has 20 heavy (non-hydrogen) atoms. The zero-order valence-corrected chi connectivity index (χ0v) is 11.3. The highest BCUT2D eigenvalue weighted by atomic mass is 19.1. The van der Waals surface area contributed by atoms with Crippen LogP contribution < -0.4 is 5.32 Å². The second kappa shape index (κ2) is 5.32. The Morgan fingerprint density at radius 1 is 1.35 bits per heavy atom. The van der Waals surface area contributed by atoms with Gasteiger partial charge in [-0.15, -0.1) is 0 Å². The maximum absolute atomic E-state index is 13.7. The van der Waals surface area contributed by atoms with Gasteiger partial charge in [-0.3, -0.25) is 0 Å². The molecule has 1 atom stereocenters. The van der Waals surface area contributed by atoms with Gasteiger partial charge in [0.2, 0.25) is 0 Å². The molecule has 0 radical (unpaired) electrons. The molecule has 3 nitrogen and oxygen atoms in total. The summed E-state index contributed by atoms with van der Waals surface area (Å²) in [6.07, 6.45) is 5.99. The first-order chi connectivity index (χ1) is 9.66. The summed E-state index contributed by atoms with van der Waals surface area (Å²) in [7, 11) is 0. The molecule has 1 aliphatic rings. The van der Waals surface area contributed by atoms with Gasteiger partial charge in [0.1, 0.15) is 11.6 Å². The van der Waals surface area contributed by atoms with E-state index in [0.29, 0.717) is 12.6 Å². The fourth-order valence-corrected chi connectivity index (χ4v) is 2.43. The second-order valence-electron chi connectivity index (χ2n) is 5.26. The fourth-order valence-electron chi connectivity index (χ4n) is 2.43. The van der Waals surface area contributed by atoms with Crippen LogP contribution in [0.5, 0.6) is 0 Å². The van der Waals surface area contributed by atoms with Crippen LogP contribution in [0, 0.1) is 11.6 Å². The fraction of sp³-hybridized carbons (Fsp3) is 0.400. The molecule has 106 valence electrons. The predicted molar refractivity (Wildman–Crippen MR) is 72.1 cm³/mol. The number of imidazole rings is 1. The first kappa shape index (κ1) is 13.2. The molecule has 1 fully saturated rings. The molecule has 1 aliphatic carbocycles. The quantitative estimate of drug-likeness (QED) is 0.908. The standard InChI is InChI=1S/C15H17F2N3/c1-10(15-13(16)3-2-4-14(15)17)19-8-12-7-18-9-20(12)11-5-6-11/h2-4,7,9-11,19H,5-6,8H2,1H3. The van der Waals surface area contributed by atoms with Crippen LogP contribution in [0.4, 0.5) is 8.78 Å². The Morgan fingerprint density at radius 2 is 2.05 bits per heavy atom. The monoisotopic (exact) mass is 277 g/mol. The number of halogens is 2. The number of nitrogens with zero attached hydrogens (tertiary/aromatic N) is 2. The molecule has 0 spiro atoms. The lowest BCUT2D eigenvalue weighted by Crippen LogP contribution is -2.21. The minimum atomic E-state index is -0.513. The van der Waals surface area contributed by atoms with Gasteiger partial charge < -0.3 is 9.88 Å². The van der Waals surface area contributed by atoms with E-state index in [4.69, 9.17) is 0 Å². The molecule has 0 saturated heterocycles. The van der Waals surface area contributed by atoms with Crippen molar-refractivity contribution in [3.05, 3.63) is 53.6 Å². The van der Waals surface area contributed by atoms with Crippen molar-refractivity contribution in [1.82, 2.24) is 14.9 Å². The van der Waals surface area contributed by atoms with Crippen LogP contribution in [0.2, 0.25) is 0 Å². The van der Waals surface area contributed by atoms with Gasteiger partial charge in [0.15, 0.2) is 0 Å². The maximum atomic E-state index is 13.7. The highest BCUT2D eigenvalue weighted by molar-refractivity contribution is 5.23. The summed E-state index contributed by atoms with van der Waals surface area (Å²) in [6, 6.07) is 4.10. The van der Waals surface area contributed by atoms with Crippen molar-refractivity contribution >= 4 is 0 Å². The Morgan fingerprint density at radius 3 is 2.70 bits per heavy atom. The number of benzene rings is 1. The Bertz CT molecular complexity index is 585. The van der Waals surface area contributed by atoms with Gasteiger partial charge in [0.05, 0.1) is 12.0 Å². The van der Waals surface area contributed by atoms with Crippen molar-refractivity contribution in [2.45, 2.75) is 38.4 Å². The van der Waals surface area contributed by atoms with Crippen LogP contribution in [0.3, 0.4) is 0 Å². The molecule has 0 amide bonds. The molecular formula is C15H17F2N3. The van der Waals surface area contributed by atoms with Gasteiger partial charge in [0, 0.05) is 30.4 Å². The molecule has 1 N–H and O–H groups in total. The van der Waals surface area contributed by atoms with Crippen LogP contribution in [-0.2, 0) is 6.54 Å². The first-order valence-corrected chi connectivity index (χ1v) is 6.85. The summed E-state index contributed by atoms with van der Waals surface area (Å²) in [5.74, 6) is -1.03. The van der Waals surface area contributed by atoms with E-state index in [1.807, 2.05) is 6.33 Å². The minimum absolute atomic E-state index is 0.0880. The summed E-state index contributed by atoms with van der Waals surface area (Å²) in [4.78, 5) is 4.14. The van der Waals surface area contributed by atoms with E-state index in [1.54, 1.807) is 13.1 Å². The van der Waals surface area contributed by atoms with Crippen LogP contribution >= 0.6 is 0 Å². The minimum Gasteiger partial charge on any atom is -0.330 e. The number of hydrogen-bond acceptors (Lipinski definition) is 2. The van der Waals surface area contributed by atoms with Crippen molar-refractivity contribution in [2.75, 3.05) is 0 Å². The lowest BCUT2D eigenvalue weighted by atomic mass is 10.1. The number of hydrogen-bond donors (Lipinski definition) is 1. The predicted octanol–water partition coefficient (Wildman–Crippen LogP) is 3.35. The van der Waals surface area contributed by atoms with E-state index in [9.17, 15) is 8.78 Å². The third-order valence-electron chi connectivity index (χ3n) is 3.71. The molecule has 5 heteroatoms. The molecule has 3 rings (SSSR count). The van der Waals surface area contributed by atoms with Crippen molar-refractivity contribution in [2.24, 2.45) is 0 Å². The van der Waals surface area contributed by atoms with E-state index in [-0.39, 0.29) is 5.56 Å². The van der Waals surface area contributed by atoms with Gasteiger partial charge >= 0.3 is 0 Å². The lowest BCUT2D eigenvalue weighted by molar-refractivity contribution is 0.480. The molecule has 1 aromatic carbocycles. The average molecular weight is 277 g/mol. The van der Waals surface area contributed by atoms with Gasteiger partial charge in [0.25, 0.3) is 0 Å². The Labute approximate surface area is 116 Å². The van der Waals surface area contributed by atoms with E-state index in [2.05, 4.69) is 14.9 Å². The van der Waals surface area contributed by atoms with E-state index >= 15 is 0 Å². The molecular weight excluding hydrogens is 260 g/mol. The molecule has 1 saturated carbocycles. The number of rotatable bonds is 5. The van der Waals surface area contributed by atoms with Gasteiger partial charge in [-0.05, 0) is 31.9 Å². The second-order valence-corrected chi connectivity index (χ2v) is 5.26. The summed E-state index contributed by atoms with van der Waals surface area (Å²) >= 11 is 0. The largest absolute Gasteiger partial charge is 0.330 e. The SMILES string of the molecule is CC(NCc1cncn1C1CC1)c1c(F)cccc1F. The Balaban J connectivity index is 1.70. The molecule has 0 bridgehead atoms. The number of aromatic nitrogens is 2. The lowest BCUT2D eigenvalue weighted by Gasteiger charge is -2.16. The van der Waals surface area contributed by atoms with Crippen molar-refractivity contribution < 1.29 is 8.78 Å². The average Bonchev–Trinajstić information content (AvgIpc) is 3.15. The van der Waals surface area contributed by atoms with E-state index in [1.165, 1.54) is 31.0 Å². The highest BCUT2D eigenvalue weighted by Crippen LogP contribution is 2.35. The zero-order valence-electron chi connectivity index (χ0n) is 11.3. The van der Waals surface area contributed by atoms with Crippen LogP contribution in [0.25, 0.3) is 0 Å². The van der Waals surface area contributed by atoms with Gasteiger partial charge in [-0.25, -0.2) is 13.8 Å². The first-order valence-electron chi connectivity index (χ1n) is 6.85. The van der Waals surface area contributed by atoms with Gasteiger partial charge in [-0.2, -0.15) is 0 Å². The summed E-state index contributed by atoms with van der Waals surface area (Å²) in [5, 5.41) is 3.17. The molecule has 1 heterocycles. The third-order valence-corrected chi connectivity index (χ3v) is 3.71. The smallest absolute Gasteiger partial charge is 0.130 e. The molecule has 1 unspecified atom stereocenters. The Hall–Kier alpha value is -1.75.